The van der Waals surface area contributed by atoms with Crippen molar-refractivity contribution in [3.05, 3.63) is 78.9 Å². The minimum absolute atomic E-state index is 0.571. The smallest absolute Gasteiger partial charge is 0.229 e. The Morgan fingerprint density at radius 1 is 0.741 bits per heavy atom. The van der Waals surface area contributed by atoms with Crippen molar-refractivity contribution >= 4 is 43.2 Å². The molecule has 6 heteroatoms. The van der Waals surface area contributed by atoms with E-state index >= 15 is 0 Å². The lowest BCUT2D eigenvalue weighted by Crippen LogP contribution is -2.09. The van der Waals surface area contributed by atoms with E-state index in [9.17, 15) is 8.42 Å². The summed E-state index contributed by atoms with van der Waals surface area (Å²) in [6.45, 7) is 0. The molecular formula is C21H21N3O2S. The number of pyridine rings is 1. The number of fused-ring (bicyclic) bond motifs is 2. The number of aromatic nitrogens is 1. The van der Waals surface area contributed by atoms with Crippen LogP contribution in [0.4, 0.5) is 11.4 Å². The fourth-order valence-electron chi connectivity index (χ4n) is 2.64. The first-order chi connectivity index (χ1) is 12.9. The van der Waals surface area contributed by atoms with Gasteiger partial charge in [-0.1, -0.05) is 36.4 Å². The highest BCUT2D eigenvalue weighted by Crippen LogP contribution is 2.18. The van der Waals surface area contributed by atoms with Crippen LogP contribution in [0.15, 0.2) is 78.9 Å². The lowest BCUT2D eigenvalue weighted by atomic mass is 10.1. The maximum atomic E-state index is 10.8. The number of nitrogens with zero attached hydrogens (tertiary/aromatic N) is 1. The number of sulfonamides is 1. The molecule has 0 saturated heterocycles. The number of anilines is 2. The lowest BCUT2D eigenvalue weighted by Gasteiger charge is -2.04. The van der Waals surface area contributed by atoms with Gasteiger partial charge in [0.1, 0.15) is 0 Å². The molecule has 5 nitrogen and oxygen atoms in total. The molecule has 138 valence electrons. The summed E-state index contributed by atoms with van der Waals surface area (Å²) >= 11 is 0. The van der Waals surface area contributed by atoms with Crippen LogP contribution in [0.1, 0.15) is 0 Å². The predicted molar refractivity (Wildman–Crippen MR) is 114 cm³/mol. The Morgan fingerprint density at radius 3 is 1.70 bits per heavy atom. The summed E-state index contributed by atoms with van der Waals surface area (Å²) in [6.07, 6.45) is 1.12. The van der Waals surface area contributed by atoms with E-state index < -0.39 is 10.0 Å². The van der Waals surface area contributed by atoms with E-state index in [1.165, 1.54) is 10.8 Å². The molecule has 0 bridgehead atoms. The Morgan fingerprint density at radius 2 is 1.22 bits per heavy atom. The molecule has 27 heavy (non-hydrogen) atoms. The summed E-state index contributed by atoms with van der Waals surface area (Å²) < 4.78 is 24.0. The molecule has 0 aliphatic rings. The second-order valence-electron chi connectivity index (χ2n) is 6.08. The second kappa shape index (κ2) is 8.05. The number of hydrogen-bond acceptors (Lipinski definition) is 4. The zero-order valence-electron chi connectivity index (χ0n) is 15.2. The van der Waals surface area contributed by atoms with Gasteiger partial charge in [-0.05, 0) is 42.5 Å². The summed E-state index contributed by atoms with van der Waals surface area (Å²) in [5.41, 5.74) is 3.64. The first-order valence-electron chi connectivity index (χ1n) is 8.45. The summed E-state index contributed by atoms with van der Waals surface area (Å²) in [4.78, 5) is 4.58. The van der Waals surface area contributed by atoms with Crippen LogP contribution < -0.4 is 10.0 Å². The van der Waals surface area contributed by atoms with E-state index in [1.54, 1.807) is 31.3 Å². The molecule has 0 fully saturated rings. The van der Waals surface area contributed by atoms with E-state index in [0.29, 0.717) is 5.69 Å². The number of benzene rings is 3. The summed E-state index contributed by atoms with van der Waals surface area (Å²) in [7, 11) is -1.36. The van der Waals surface area contributed by atoms with Crippen LogP contribution in [0.2, 0.25) is 0 Å². The molecule has 0 aliphatic carbocycles. The van der Waals surface area contributed by atoms with Gasteiger partial charge in [0.2, 0.25) is 10.0 Å². The van der Waals surface area contributed by atoms with Gasteiger partial charge in [-0.25, -0.2) is 13.4 Å². The molecule has 0 spiro atoms. The normalized spacial score (nSPS) is 10.9. The van der Waals surface area contributed by atoms with Gasteiger partial charge >= 0.3 is 0 Å². The van der Waals surface area contributed by atoms with Gasteiger partial charge < -0.3 is 5.32 Å². The van der Waals surface area contributed by atoms with Gasteiger partial charge in [0.15, 0.2) is 0 Å². The van der Waals surface area contributed by atoms with Crippen molar-refractivity contribution in [2.45, 2.75) is 0 Å². The van der Waals surface area contributed by atoms with Gasteiger partial charge in [0, 0.05) is 29.2 Å². The molecule has 0 aliphatic heterocycles. The minimum atomic E-state index is -3.17. The maximum Gasteiger partial charge on any atom is 0.229 e. The molecule has 0 unspecified atom stereocenters. The van der Waals surface area contributed by atoms with Crippen molar-refractivity contribution in [2.75, 3.05) is 23.3 Å². The third-order valence-electron chi connectivity index (χ3n) is 3.90. The van der Waals surface area contributed by atoms with Crippen LogP contribution in [-0.2, 0) is 10.0 Å². The van der Waals surface area contributed by atoms with Crippen molar-refractivity contribution in [3.63, 3.8) is 0 Å². The summed E-state index contributed by atoms with van der Waals surface area (Å²) in [5.74, 6) is 0. The van der Waals surface area contributed by atoms with Crippen molar-refractivity contribution in [1.29, 1.82) is 0 Å². The monoisotopic (exact) mass is 379 g/mol. The molecule has 1 heterocycles. The molecular weight excluding hydrogens is 358 g/mol. The Kier molecular flexibility index (Phi) is 5.57. The highest BCUT2D eigenvalue weighted by Gasteiger charge is 2.00. The Balaban J connectivity index is 0.000000157. The average Bonchev–Trinajstić information content (AvgIpc) is 2.66. The largest absolute Gasteiger partial charge is 0.388 e. The fourth-order valence-corrected chi connectivity index (χ4v) is 3.20. The van der Waals surface area contributed by atoms with E-state index in [2.05, 4.69) is 33.2 Å². The molecule has 1 aromatic heterocycles. The van der Waals surface area contributed by atoms with E-state index in [-0.39, 0.29) is 0 Å². The van der Waals surface area contributed by atoms with Crippen LogP contribution in [-0.4, -0.2) is 26.7 Å². The molecule has 3 aromatic carbocycles. The number of rotatable bonds is 3. The van der Waals surface area contributed by atoms with Crippen molar-refractivity contribution < 1.29 is 8.42 Å². The summed E-state index contributed by atoms with van der Waals surface area (Å²) in [5, 5.41) is 5.34. The van der Waals surface area contributed by atoms with Crippen LogP contribution >= 0.6 is 0 Å². The topological polar surface area (TPSA) is 71.1 Å². The highest BCUT2D eigenvalue weighted by molar-refractivity contribution is 7.92. The zero-order valence-corrected chi connectivity index (χ0v) is 16.0. The van der Waals surface area contributed by atoms with E-state index in [4.69, 9.17) is 0 Å². The van der Waals surface area contributed by atoms with E-state index in [0.717, 1.165) is 23.0 Å². The third-order valence-corrected chi connectivity index (χ3v) is 4.51. The van der Waals surface area contributed by atoms with Crippen LogP contribution in [0.25, 0.3) is 21.8 Å². The fraction of sp³-hybridized carbons (Fsp3) is 0.0952. The van der Waals surface area contributed by atoms with Crippen molar-refractivity contribution in [2.24, 2.45) is 0 Å². The second-order valence-corrected chi connectivity index (χ2v) is 7.82. The Hall–Kier alpha value is -3.12. The van der Waals surface area contributed by atoms with Crippen molar-refractivity contribution in [3.8, 4) is 0 Å². The van der Waals surface area contributed by atoms with Crippen LogP contribution in [0.5, 0.6) is 0 Å². The molecule has 0 radical (unpaired) electrons. The molecule has 4 rings (SSSR count). The molecule has 0 saturated carbocycles. The predicted octanol–water partition coefficient (Wildman–Crippen LogP) is 4.49. The van der Waals surface area contributed by atoms with Gasteiger partial charge in [0.05, 0.1) is 17.3 Å². The van der Waals surface area contributed by atoms with Gasteiger partial charge in [-0.15, -0.1) is 0 Å². The third kappa shape index (κ3) is 5.18. The SMILES string of the molecule is CNc1ccc(NS(C)(=O)=O)cc1.c1ccc2nc3ccccc3cc2c1. The highest BCUT2D eigenvalue weighted by atomic mass is 32.2. The number of hydrogen-bond donors (Lipinski definition) is 2. The lowest BCUT2D eigenvalue weighted by molar-refractivity contribution is 0.607. The van der Waals surface area contributed by atoms with Gasteiger partial charge in [-0.2, -0.15) is 0 Å². The Bertz CT molecular complexity index is 1050. The summed E-state index contributed by atoms with van der Waals surface area (Å²) in [6, 6.07) is 25.6. The first-order valence-corrected chi connectivity index (χ1v) is 10.3. The number of nitrogens with one attached hydrogen (secondary N) is 2. The molecule has 4 aromatic rings. The molecule has 0 amide bonds. The zero-order chi connectivity index (χ0) is 19.3. The van der Waals surface area contributed by atoms with Crippen LogP contribution in [0, 0.1) is 0 Å². The molecule has 0 atom stereocenters. The van der Waals surface area contributed by atoms with E-state index in [1.807, 2.05) is 36.4 Å². The average molecular weight is 379 g/mol. The number of para-hydroxylation sites is 2. The first kappa shape index (κ1) is 18.7. The van der Waals surface area contributed by atoms with Gasteiger partial charge in [-0.3, -0.25) is 4.72 Å². The van der Waals surface area contributed by atoms with Crippen LogP contribution in [0.3, 0.4) is 0 Å². The van der Waals surface area contributed by atoms with Gasteiger partial charge in [0.25, 0.3) is 0 Å². The quantitative estimate of drug-likeness (QED) is 0.515. The molecule has 2 N–H and O–H groups in total. The standard InChI is InChI=1S/C13H9N.C8H12N2O2S/c1-3-7-12-10(5-1)9-11-6-2-4-8-13(11)14-12;1-9-7-3-5-8(6-4-7)10-13(2,11)12/h1-9H;3-6,9-10H,1-2H3. The van der Waals surface area contributed by atoms with Crippen molar-refractivity contribution in [1.82, 2.24) is 4.98 Å². The maximum absolute atomic E-state index is 10.8. The minimum Gasteiger partial charge on any atom is -0.388 e. The Labute approximate surface area is 159 Å².